The van der Waals surface area contributed by atoms with Crippen LogP contribution in [-0.2, 0) is 9.47 Å². The van der Waals surface area contributed by atoms with Crippen LogP contribution in [0.1, 0.15) is 33.1 Å². The number of nitrogens with one attached hydrogen (secondary N) is 1. The molecule has 0 bridgehead atoms. The molecule has 0 amide bonds. The van der Waals surface area contributed by atoms with Crippen molar-refractivity contribution in [3.05, 3.63) is 0 Å². The van der Waals surface area contributed by atoms with Gasteiger partial charge in [0.25, 0.3) is 0 Å². The molecule has 0 aromatic rings. The molecular formula is C13H27NO2. The first-order valence-corrected chi connectivity index (χ1v) is 6.50. The Kier molecular flexibility index (Phi) is 6.32. The largest absolute Gasteiger partial charge is 0.383 e. The van der Waals surface area contributed by atoms with E-state index in [-0.39, 0.29) is 0 Å². The van der Waals surface area contributed by atoms with E-state index in [0.717, 1.165) is 38.8 Å². The first-order chi connectivity index (χ1) is 7.72. The predicted octanol–water partition coefficient (Wildman–Crippen LogP) is 2.07. The maximum Gasteiger partial charge on any atom is 0.0587 e. The lowest BCUT2D eigenvalue weighted by Crippen LogP contribution is -2.37. The predicted molar refractivity (Wildman–Crippen MR) is 66.7 cm³/mol. The van der Waals surface area contributed by atoms with Crippen LogP contribution in [0, 0.1) is 11.3 Å². The average molecular weight is 229 g/mol. The molecule has 96 valence electrons. The van der Waals surface area contributed by atoms with Crippen LogP contribution in [-0.4, -0.2) is 40.0 Å². The molecule has 3 heteroatoms. The molecule has 0 aromatic carbocycles. The smallest absolute Gasteiger partial charge is 0.0587 e. The first kappa shape index (κ1) is 13.9. The normalized spacial score (nSPS) is 27.2. The summed E-state index contributed by atoms with van der Waals surface area (Å²) >= 11 is 0. The number of hydrogen-bond acceptors (Lipinski definition) is 3. The van der Waals surface area contributed by atoms with Gasteiger partial charge in [-0.3, -0.25) is 0 Å². The number of ether oxygens (including phenoxy) is 2. The van der Waals surface area contributed by atoms with Crippen LogP contribution in [0.5, 0.6) is 0 Å². The fourth-order valence-electron chi connectivity index (χ4n) is 2.43. The van der Waals surface area contributed by atoms with E-state index in [9.17, 15) is 0 Å². The molecule has 0 saturated carbocycles. The van der Waals surface area contributed by atoms with Crippen LogP contribution in [0.2, 0.25) is 0 Å². The van der Waals surface area contributed by atoms with Gasteiger partial charge in [-0.2, -0.15) is 0 Å². The topological polar surface area (TPSA) is 30.5 Å². The molecule has 1 heterocycles. The average Bonchev–Trinajstić information content (AvgIpc) is 2.73. The highest BCUT2D eigenvalue weighted by atomic mass is 16.5. The Hall–Kier alpha value is -0.120. The zero-order valence-electron chi connectivity index (χ0n) is 11.1. The third-order valence-electron chi connectivity index (χ3n) is 3.65. The Morgan fingerprint density at radius 1 is 1.50 bits per heavy atom. The molecule has 0 spiro atoms. The molecule has 1 aliphatic rings. The lowest BCUT2D eigenvalue weighted by molar-refractivity contribution is 0.128. The maximum atomic E-state index is 5.59. The van der Waals surface area contributed by atoms with Gasteiger partial charge in [-0.1, -0.05) is 20.3 Å². The molecular weight excluding hydrogens is 202 g/mol. The van der Waals surface area contributed by atoms with Crippen LogP contribution in [0.15, 0.2) is 0 Å². The molecule has 1 N–H and O–H groups in total. The minimum Gasteiger partial charge on any atom is -0.383 e. The zero-order chi connectivity index (χ0) is 11.9. The summed E-state index contributed by atoms with van der Waals surface area (Å²) in [5.74, 6) is 0.797. The third-order valence-corrected chi connectivity index (χ3v) is 3.65. The van der Waals surface area contributed by atoms with Crippen molar-refractivity contribution in [2.45, 2.75) is 33.1 Å². The van der Waals surface area contributed by atoms with E-state index < -0.39 is 0 Å². The van der Waals surface area contributed by atoms with Gasteiger partial charge in [-0.05, 0) is 18.8 Å². The standard InChI is InChI=1S/C13H27NO2/c1-4-12(2)9-13(5-7-16-11-13)10-14-6-8-15-3/h12,14H,4-11H2,1-3H3. The Labute approximate surface area is 99.9 Å². The van der Waals surface area contributed by atoms with Gasteiger partial charge in [0.15, 0.2) is 0 Å². The van der Waals surface area contributed by atoms with Crippen molar-refractivity contribution in [3.63, 3.8) is 0 Å². The van der Waals surface area contributed by atoms with Gasteiger partial charge >= 0.3 is 0 Å². The molecule has 2 atom stereocenters. The van der Waals surface area contributed by atoms with E-state index >= 15 is 0 Å². The summed E-state index contributed by atoms with van der Waals surface area (Å²) in [6, 6.07) is 0. The number of rotatable bonds is 8. The summed E-state index contributed by atoms with van der Waals surface area (Å²) in [7, 11) is 1.75. The summed E-state index contributed by atoms with van der Waals surface area (Å²) in [6.45, 7) is 9.28. The van der Waals surface area contributed by atoms with Crippen LogP contribution >= 0.6 is 0 Å². The monoisotopic (exact) mass is 229 g/mol. The van der Waals surface area contributed by atoms with Crippen LogP contribution in [0.4, 0.5) is 0 Å². The van der Waals surface area contributed by atoms with Crippen LogP contribution < -0.4 is 5.32 Å². The molecule has 2 unspecified atom stereocenters. The van der Waals surface area contributed by atoms with E-state index in [1.165, 1.54) is 19.3 Å². The Bertz CT molecular complexity index is 179. The Morgan fingerprint density at radius 2 is 2.31 bits per heavy atom. The summed E-state index contributed by atoms with van der Waals surface area (Å²) in [4.78, 5) is 0. The van der Waals surface area contributed by atoms with Gasteiger partial charge < -0.3 is 14.8 Å². The minimum absolute atomic E-state index is 0.378. The molecule has 1 fully saturated rings. The highest BCUT2D eigenvalue weighted by Crippen LogP contribution is 2.35. The van der Waals surface area contributed by atoms with Gasteiger partial charge in [-0.15, -0.1) is 0 Å². The van der Waals surface area contributed by atoms with Crippen molar-refractivity contribution in [1.82, 2.24) is 5.32 Å². The lowest BCUT2D eigenvalue weighted by Gasteiger charge is -2.30. The Balaban J connectivity index is 2.33. The van der Waals surface area contributed by atoms with Crippen molar-refractivity contribution in [2.75, 3.05) is 40.0 Å². The van der Waals surface area contributed by atoms with E-state index in [1.54, 1.807) is 7.11 Å². The second-order valence-electron chi connectivity index (χ2n) is 5.19. The van der Waals surface area contributed by atoms with Gasteiger partial charge in [-0.25, -0.2) is 0 Å². The second-order valence-corrected chi connectivity index (χ2v) is 5.19. The summed E-state index contributed by atoms with van der Waals surface area (Å²) < 4.78 is 10.6. The quantitative estimate of drug-likeness (QED) is 0.646. The highest BCUT2D eigenvalue weighted by molar-refractivity contribution is 4.86. The lowest BCUT2D eigenvalue weighted by atomic mass is 9.78. The fourth-order valence-corrected chi connectivity index (χ4v) is 2.43. The van der Waals surface area contributed by atoms with E-state index in [4.69, 9.17) is 9.47 Å². The summed E-state index contributed by atoms with van der Waals surface area (Å²) in [5.41, 5.74) is 0.378. The fraction of sp³-hybridized carbons (Fsp3) is 1.00. The highest BCUT2D eigenvalue weighted by Gasteiger charge is 2.35. The van der Waals surface area contributed by atoms with Crippen molar-refractivity contribution < 1.29 is 9.47 Å². The molecule has 0 radical (unpaired) electrons. The van der Waals surface area contributed by atoms with Crippen molar-refractivity contribution in [1.29, 1.82) is 0 Å². The molecule has 16 heavy (non-hydrogen) atoms. The van der Waals surface area contributed by atoms with Crippen molar-refractivity contribution in [2.24, 2.45) is 11.3 Å². The van der Waals surface area contributed by atoms with Crippen LogP contribution in [0.3, 0.4) is 0 Å². The zero-order valence-corrected chi connectivity index (χ0v) is 11.1. The maximum absolute atomic E-state index is 5.59. The summed E-state index contributed by atoms with van der Waals surface area (Å²) in [6.07, 6.45) is 3.75. The van der Waals surface area contributed by atoms with Crippen molar-refractivity contribution in [3.8, 4) is 0 Å². The van der Waals surface area contributed by atoms with E-state index in [0.29, 0.717) is 5.41 Å². The molecule has 1 saturated heterocycles. The third kappa shape index (κ3) is 4.40. The number of hydrogen-bond donors (Lipinski definition) is 1. The molecule has 1 rings (SSSR count). The van der Waals surface area contributed by atoms with Gasteiger partial charge in [0, 0.05) is 32.2 Å². The molecule has 3 nitrogen and oxygen atoms in total. The second kappa shape index (κ2) is 7.25. The SMILES string of the molecule is CCC(C)CC1(CNCCOC)CCOC1. The van der Waals surface area contributed by atoms with Gasteiger partial charge in [0.2, 0.25) is 0 Å². The van der Waals surface area contributed by atoms with Gasteiger partial charge in [0.05, 0.1) is 13.2 Å². The summed E-state index contributed by atoms with van der Waals surface area (Å²) in [5, 5.41) is 3.49. The minimum atomic E-state index is 0.378. The van der Waals surface area contributed by atoms with Gasteiger partial charge in [0.1, 0.15) is 0 Å². The number of methoxy groups -OCH3 is 1. The van der Waals surface area contributed by atoms with Crippen molar-refractivity contribution >= 4 is 0 Å². The first-order valence-electron chi connectivity index (χ1n) is 6.50. The van der Waals surface area contributed by atoms with E-state index in [1.807, 2.05) is 0 Å². The molecule has 0 aliphatic carbocycles. The van der Waals surface area contributed by atoms with E-state index in [2.05, 4.69) is 19.2 Å². The van der Waals surface area contributed by atoms with Crippen LogP contribution in [0.25, 0.3) is 0 Å². The molecule has 1 aliphatic heterocycles. The Morgan fingerprint density at radius 3 is 2.88 bits per heavy atom. The molecule has 0 aromatic heterocycles.